The van der Waals surface area contributed by atoms with Gasteiger partial charge in [0.05, 0.1) is 6.00 Å². The molecule has 0 bridgehead atoms. The second kappa shape index (κ2) is 6.87. The van der Waals surface area contributed by atoms with Crippen LogP contribution in [0.15, 0.2) is 0 Å². The zero-order chi connectivity index (χ0) is 10.3. The molecule has 0 radical (unpaired) electrons. The van der Waals surface area contributed by atoms with E-state index in [1.807, 2.05) is 0 Å². The number of nitrogens with zero attached hydrogens (tertiary/aromatic N) is 1. The molecule has 0 saturated carbocycles. The zero-order valence-electron chi connectivity index (χ0n) is 7.67. The van der Waals surface area contributed by atoms with E-state index in [1.165, 1.54) is 0 Å². The zero-order valence-corrected chi connectivity index (χ0v) is 10.00. The average Bonchev–Trinajstić information content (AvgIpc) is 2.02. The minimum atomic E-state index is -3.63. The lowest BCUT2D eigenvalue weighted by Gasteiger charge is -2.13. The first kappa shape index (κ1) is 13.5. The van der Waals surface area contributed by atoms with Gasteiger partial charge in [0, 0.05) is 17.2 Å². The number of hydrogen-bond donors (Lipinski definition) is 0. The second-order valence-corrected chi connectivity index (χ2v) is 5.55. The van der Waals surface area contributed by atoms with E-state index in [4.69, 9.17) is 22.3 Å². The monoisotopic (exact) mass is 247 g/mol. The SMILES string of the molecule is CCCCCCN(CCl)S(=O)(=O)Cl. The Labute approximate surface area is 89.6 Å². The predicted molar refractivity (Wildman–Crippen MR) is 56.3 cm³/mol. The molecule has 0 spiro atoms. The van der Waals surface area contributed by atoms with Gasteiger partial charge in [-0.1, -0.05) is 26.2 Å². The molecule has 0 aliphatic rings. The van der Waals surface area contributed by atoms with Crippen LogP contribution in [0, 0.1) is 0 Å². The molecule has 0 saturated heterocycles. The lowest BCUT2D eigenvalue weighted by Crippen LogP contribution is -2.26. The van der Waals surface area contributed by atoms with Crippen LogP contribution in [0.2, 0.25) is 0 Å². The summed E-state index contributed by atoms with van der Waals surface area (Å²) in [5, 5.41) is 0. The summed E-state index contributed by atoms with van der Waals surface area (Å²) < 4.78 is 22.7. The third kappa shape index (κ3) is 6.55. The van der Waals surface area contributed by atoms with Gasteiger partial charge < -0.3 is 0 Å². The molecule has 6 heteroatoms. The maximum Gasteiger partial charge on any atom is 0.300 e. The molecule has 0 heterocycles. The van der Waals surface area contributed by atoms with Crippen LogP contribution < -0.4 is 0 Å². The van der Waals surface area contributed by atoms with Crippen LogP contribution in [0.4, 0.5) is 0 Å². The lowest BCUT2D eigenvalue weighted by atomic mass is 10.2. The molecule has 0 aliphatic carbocycles. The summed E-state index contributed by atoms with van der Waals surface area (Å²) in [5.41, 5.74) is 0. The predicted octanol–water partition coefficient (Wildman–Crippen LogP) is 2.55. The lowest BCUT2D eigenvalue weighted by molar-refractivity contribution is 0.450. The quantitative estimate of drug-likeness (QED) is 0.300. The van der Waals surface area contributed by atoms with Crippen LogP contribution >= 0.6 is 22.3 Å². The first-order valence-electron chi connectivity index (χ1n) is 4.28. The Hall–Kier alpha value is 0.490. The average molecular weight is 248 g/mol. The van der Waals surface area contributed by atoms with E-state index in [9.17, 15) is 8.42 Å². The normalized spacial score (nSPS) is 12.3. The van der Waals surface area contributed by atoms with Gasteiger partial charge in [-0.15, -0.1) is 11.6 Å². The minimum absolute atomic E-state index is 0.0715. The Morgan fingerprint density at radius 2 is 1.85 bits per heavy atom. The molecule has 80 valence electrons. The van der Waals surface area contributed by atoms with Gasteiger partial charge in [-0.05, 0) is 6.42 Å². The van der Waals surface area contributed by atoms with E-state index in [0.717, 1.165) is 30.0 Å². The summed E-state index contributed by atoms with van der Waals surface area (Å²) in [6, 6.07) is -0.0715. The van der Waals surface area contributed by atoms with Crippen molar-refractivity contribution in [2.45, 2.75) is 32.6 Å². The molecule has 0 aliphatic heterocycles. The largest absolute Gasteiger partial charge is 0.300 e. The molecule has 0 aromatic carbocycles. The van der Waals surface area contributed by atoms with E-state index < -0.39 is 9.24 Å². The van der Waals surface area contributed by atoms with Crippen molar-refractivity contribution in [1.29, 1.82) is 0 Å². The van der Waals surface area contributed by atoms with E-state index in [0.29, 0.717) is 6.54 Å². The van der Waals surface area contributed by atoms with Crippen molar-refractivity contribution in [3.8, 4) is 0 Å². The van der Waals surface area contributed by atoms with Crippen molar-refractivity contribution in [3.05, 3.63) is 0 Å². The maximum absolute atomic E-state index is 10.8. The fourth-order valence-electron chi connectivity index (χ4n) is 0.942. The highest BCUT2D eigenvalue weighted by Crippen LogP contribution is 2.10. The Kier molecular flexibility index (Phi) is 7.13. The number of alkyl halides is 1. The Morgan fingerprint density at radius 3 is 2.23 bits per heavy atom. The van der Waals surface area contributed by atoms with E-state index in [1.54, 1.807) is 0 Å². The van der Waals surface area contributed by atoms with Crippen LogP contribution in [0.5, 0.6) is 0 Å². The van der Waals surface area contributed by atoms with E-state index >= 15 is 0 Å². The number of halogens is 2. The molecular formula is C7H15Cl2NO2S. The van der Waals surface area contributed by atoms with Gasteiger partial charge in [0.1, 0.15) is 0 Å². The summed E-state index contributed by atoms with van der Waals surface area (Å²) in [6.45, 7) is 2.51. The third-order valence-corrected chi connectivity index (χ3v) is 3.65. The van der Waals surface area contributed by atoms with Gasteiger partial charge in [-0.2, -0.15) is 12.7 Å². The van der Waals surface area contributed by atoms with Gasteiger partial charge in [-0.3, -0.25) is 0 Å². The molecule has 0 unspecified atom stereocenters. The molecule has 0 atom stereocenters. The standard InChI is InChI=1S/C7H15Cl2NO2S/c1-2-3-4-5-6-10(7-8)13(9,11)12/h2-7H2,1H3. The molecule has 0 rings (SSSR count). The summed E-state index contributed by atoms with van der Waals surface area (Å²) in [6.07, 6.45) is 4.05. The van der Waals surface area contributed by atoms with Gasteiger partial charge in [0.2, 0.25) is 0 Å². The fraction of sp³-hybridized carbons (Fsp3) is 1.00. The van der Waals surface area contributed by atoms with E-state index in [2.05, 4.69) is 6.92 Å². The molecule has 0 fully saturated rings. The van der Waals surface area contributed by atoms with Crippen molar-refractivity contribution < 1.29 is 8.42 Å². The van der Waals surface area contributed by atoms with Crippen molar-refractivity contribution in [3.63, 3.8) is 0 Å². The second-order valence-electron chi connectivity index (χ2n) is 2.80. The fourth-order valence-corrected chi connectivity index (χ4v) is 2.41. The molecule has 13 heavy (non-hydrogen) atoms. The highest BCUT2D eigenvalue weighted by molar-refractivity contribution is 8.11. The van der Waals surface area contributed by atoms with Crippen LogP contribution in [-0.4, -0.2) is 25.3 Å². The molecule has 0 N–H and O–H groups in total. The summed E-state index contributed by atoms with van der Waals surface area (Å²) >= 11 is 5.43. The Bertz CT molecular complexity index is 219. The Morgan fingerprint density at radius 1 is 1.23 bits per heavy atom. The van der Waals surface area contributed by atoms with Crippen LogP contribution in [0.3, 0.4) is 0 Å². The van der Waals surface area contributed by atoms with Gasteiger partial charge in [0.15, 0.2) is 0 Å². The smallest absolute Gasteiger partial charge is 0.195 e. The van der Waals surface area contributed by atoms with Crippen molar-refractivity contribution in [1.82, 2.24) is 4.31 Å². The number of unbranched alkanes of at least 4 members (excludes halogenated alkanes) is 3. The highest BCUT2D eigenvalue weighted by atomic mass is 35.7. The molecular weight excluding hydrogens is 233 g/mol. The number of hydrogen-bond acceptors (Lipinski definition) is 2. The topological polar surface area (TPSA) is 37.4 Å². The van der Waals surface area contributed by atoms with Crippen LogP contribution in [0.1, 0.15) is 32.6 Å². The van der Waals surface area contributed by atoms with Gasteiger partial charge in [0.25, 0.3) is 0 Å². The first-order valence-corrected chi connectivity index (χ1v) is 7.08. The summed E-state index contributed by atoms with van der Waals surface area (Å²) in [4.78, 5) is 0. The number of rotatable bonds is 7. The third-order valence-electron chi connectivity index (χ3n) is 1.70. The Balaban J connectivity index is 3.74. The van der Waals surface area contributed by atoms with Crippen LogP contribution in [0.25, 0.3) is 0 Å². The van der Waals surface area contributed by atoms with Crippen molar-refractivity contribution in [2.24, 2.45) is 0 Å². The maximum atomic E-state index is 10.8. The van der Waals surface area contributed by atoms with Crippen molar-refractivity contribution in [2.75, 3.05) is 12.5 Å². The van der Waals surface area contributed by atoms with E-state index in [-0.39, 0.29) is 6.00 Å². The van der Waals surface area contributed by atoms with Crippen LogP contribution in [-0.2, 0) is 9.24 Å². The van der Waals surface area contributed by atoms with Crippen molar-refractivity contribution >= 4 is 31.5 Å². The molecule has 0 amide bonds. The van der Waals surface area contributed by atoms with Gasteiger partial charge >= 0.3 is 9.24 Å². The summed E-state index contributed by atoms with van der Waals surface area (Å²) in [5.74, 6) is 0. The first-order chi connectivity index (χ1) is 6.02. The summed E-state index contributed by atoms with van der Waals surface area (Å²) in [7, 11) is 1.50. The highest BCUT2D eigenvalue weighted by Gasteiger charge is 2.16. The molecule has 3 nitrogen and oxygen atoms in total. The molecule has 0 aromatic rings. The molecule has 0 aromatic heterocycles. The van der Waals surface area contributed by atoms with Gasteiger partial charge in [-0.25, -0.2) is 0 Å². The minimum Gasteiger partial charge on any atom is -0.195 e.